The highest BCUT2D eigenvalue weighted by Gasteiger charge is 2.58. The van der Waals surface area contributed by atoms with E-state index in [4.69, 9.17) is 4.74 Å². The summed E-state index contributed by atoms with van der Waals surface area (Å²) in [6, 6.07) is 13.5. The van der Waals surface area contributed by atoms with Crippen LogP contribution in [0, 0.1) is 10.1 Å². The van der Waals surface area contributed by atoms with Gasteiger partial charge >= 0.3 is 0 Å². The normalized spacial score (nSPS) is 19.5. The number of ether oxygens (including phenoxy) is 1. The third-order valence-corrected chi connectivity index (χ3v) is 7.86. The molecule has 35 heavy (non-hydrogen) atoms. The van der Waals surface area contributed by atoms with Crippen molar-refractivity contribution in [3.8, 4) is 5.75 Å². The van der Waals surface area contributed by atoms with Gasteiger partial charge in [-0.15, -0.1) is 0 Å². The van der Waals surface area contributed by atoms with Gasteiger partial charge in [0.15, 0.2) is 0 Å². The lowest BCUT2D eigenvalue weighted by Gasteiger charge is -2.47. The fourth-order valence-electron chi connectivity index (χ4n) is 5.75. The van der Waals surface area contributed by atoms with E-state index in [9.17, 15) is 10.1 Å². The van der Waals surface area contributed by atoms with E-state index >= 15 is 0 Å². The second-order valence-electron chi connectivity index (χ2n) is 10.6. The molecule has 188 valence electrons. The van der Waals surface area contributed by atoms with Gasteiger partial charge in [-0.25, -0.2) is 0 Å². The predicted molar refractivity (Wildman–Crippen MR) is 144 cm³/mol. The molecule has 5 nitrogen and oxygen atoms in total. The summed E-state index contributed by atoms with van der Waals surface area (Å²) in [6.07, 6.45) is 17.2. The van der Waals surface area contributed by atoms with Crippen molar-refractivity contribution in [2.45, 2.75) is 96.1 Å². The standard InChI is InChI=1S/C30H40N2O3/c1-4-5-6-7-8-9-10-11-12-15-22-31-27-17-14-13-16-26(27)29(2,3)30(31)21-20-24-23-25(32(33)34)18-19-28(24)35-30/h13-14,16-21,23H,4-12,15,22H2,1-3H3/t30-/m1/s1. The molecule has 1 atom stereocenters. The minimum Gasteiger partial charge on any atom is -0.463 e. The van der Waals surface area contributed by atoms with E-state index in [1.165, 1.54) is 75.1 Å². The van der Waals surface area contributed by atoms with Crippen LogP contribution in [0.25, 0.3) is 6.08 Å². The van der Waals surface area contributed by atoms with Crippen molar-refractivity contribution in [2.24, 2.45) is 0 Å². The van der Waals surface area contributed by atoms with Gasteiger partial charge < -0.3 is 9.64 Å². The van der Waals surface area contributed by atoms with Gasteiger partial charge in [-0.1, -0.05) is 82.9 Å². The number of nitro groups is 1. The highest BCUT2D eigenvalue weighted by molar-refractivity contribution is 5.73. The monoisotopic (exact) mass is 476 g/mol. The first-order chi connectivity index (χ1) is 16.9. The van der Waals surface area contributed by atoms with Crippen molar-refractivity contribution in [3.63, 3.8) is 0 Å². The van der Waals surface area contributed by atoms with Gasteiger partial charge in [-0.3, -0.25) is 10.1 Å². The van der Waals surface area contributed by atoms with Crippen molar-refractivity contribution < 1.29 is 9.66 Å². The molecule has 2 aromatic rings. The van der Waals surface area contributed by atoms with Crippen LogP contribution in [0.4, 0.5) is 11.4 Å². The van der Waals surface area contributed by atoms with Crippen molar-refractivity contribution in [3.05, 3.63) is 69.8 Å². The highest BCUT2D eigenvalue weighted by Crippen LogP contribution is 2.55. The molecule has 0 unspecified atom stereocenters. The second-order valence-corrected chi connectivity index (χ2v) is 10.6. The Kier molecular flexibility index (Phi) is 7.83. The molecular weight excluding hydrogens is 436 g/mol. The average Bonchev–Trinajstić information content (AvgIpc) is 3.03. The maximum absolute atomic E-state index is 11.2. The molecule has 0 aliphatic carbocycles. The fourth-order valence-corrected chi connectivity index (χ4v) is 5.75. The summed E-state index contributed by atoms with van der Waals surface area (Å²) in [5.41, 5.74) is 2.42. The van der Waals surface area contributed by atoms with Gasteiger partial charge in [0.25, 0.3) is 5.69 Å². The zero-order chi connectivity index (χ0) is 24.9. The number of nitro benzene ring substituents is 1. The first kappa shape index (κ1) is 25.3. The number of benzene rings is 2. The largest absolute Gasteiger partial charge is 0.463 e. The quantitative estimate of drug-likeness (QED) is 0.175. The predicted octanol–water partition coefficient (Wildman–Crippen LogP) is 8.42. The van der Waals surface area contributed by atoms with E-state index in [0.717, 1.165) is 18.5 Å². The summed E-state index contributed by atoms with van der Waals surface area (Å²) in [7, 11) is 0. The molecule has 2 aliphatic rings. The smallest absolute Gasteiger partial charge is 0.270 e. The van der Waals surface area contributed by atoms with Crippen LogP contribution < -0.4 is 9.64 Å². The summed E-state index contributed by atoms with van der Waals surface area (Å²) < 4.78 is 6.78. The molecule has 0 N–H and O–H groups in total. The van der Waals surface area contributed by atoms with Crippen LogP contribution in [0.15, 0.2) is 48.5 Å². The SMILES string of the molecule is CCCCCCCCCCCCN1c2ccccc2C(C)(C)[C@]12C=Cc1cc([N+](=O)[O-])ccc1O2. The van der Waals surface area contributed by atoms with Crippen LogP contribution in [0.5, 0.6) is 5.75 Å². The molecular formula is C30H40N2O3. The van der Waals surface area contributed by atoms with Crippen LogP contribution in [-0.4, -0.2) is 17.2 Å². The van der Waals surface area contributed by atoms with E-state index < -0.39 is 5.72 Å². The minimum atomic E-state index is -0.654. The fraction of sp³-hybridized carbons (Fsp3) is 0.533. The van der Waals surface area contributed by atoms with Gasteiger partial charge in [0.05, 0.1) is 10.3 Å². The molecule has 0 amide bonds. The van der Waals surface area contributed by atoms with Gasteiger partial charge in [0, 0.05) is 29.9 Å². The van der Waals surface area contributed by atoms with Crippen molar-refractivity contribution in [2.75, 3.05) is 11.4 Å². The molecule has 2 aliphatic heterocycles. The number of unbranched alkanes of at least 4 members (excludes halogenated alkanes) is 9. The van der Waals surface area contributed by atoms with Crippen LogP contribution in [0.3, 0.4) is 0 Å². The molecule has 0 saturated carbocycles. The summed E-state index contributed by atoms with van der Waals surface area (Å²) >= 11 is 0. The summed E-state index contributed by atoms with van der Waals surface area (Å²) in [4.78, 5) is 13.3. The Balaban J connectivity index is 1.46. The molecule has 0 saturated heterocycles. The van der Waals surface area contributed by atoms with Gasteiger partial charge in [0.1, 0.15) is 5.75 Å². The highest BCUT2D eigenvalue weighted by atomic mass is 16.6. The number of hydrogen-bond donors (Lipinski definition) is 0. The Bertz CT molecular complexity index is 1060. The summed E-state index contributed by atoms with van der Waals surface area (Å²) in [5, 5.41) is 11.2. The van der Waals surface area contributed by atoms with Crippen molar-refractivity contribution in [1.29, 1.82) is 0 Å². The molecule has 0 fully saturated rings. The number of anilines is 1. The maximum atomic E-state index is 11.2. The molecule has 2 heterocycles. The van der Waals surface area contributed by atoms with Crippen molar-refractivity contribution >= 4 is 17.5 Å². The third kappa shape index (κ3) is 4.96. The van der Waals surface area contributed by atoms with Crippen LogP contribution >= 0.6 is 0 Å². The Morgan fingerprint density at radius 3 is 2.26 bits per heavy atom. The first-order valence-corrected chi connectivity index (χ1v) is 13.4. The van der Waals surface area contributed by atoms with Crippen LogP contribution in [-0.2, 0) is 5.41 Å². The zero-order valence-electron chi connectivity index (χ0n) is 21.6. The second kappa shape index (κ2) is 10.8. The first-order valence-electron chi connectivity index (χ1n) is 13.4. The minimum absolute atomic E-state index is 0.0872. The van der Waals surface area contributed by atoms with E-state index in [2.05, 4.69) is 56.0 Å². The number of fused-ring (bicyclic) bond motifs is 2. The Morgan fingerprint density at radius 1 is 0.914 bits per heavy atom. The summed E-state index contributed by atoms with van der Waals surface area (Å²) in [6.45, 7) is 7.67. The number of rotatable bonds is 12. The zero-order valence-corrected chi connectivity index (χ0v) is 21.6. The molecule has 1 spiro atoms. The Hall–Kier alpha value is -2.82. The maximum Gasteiger partial charge on any atom is 0.270 e. The van der Waals surface area contributed by atoms with E-state index in [1.54, 1.807) is 12.1 Å². The van der Waals surface area contributed by atoms with Crippen LogP contribution in [0.1, 0.15) is 96.1 Å². The molecule has 5 heteroatoms. The van der Waals surface area contributed by atoms with E-state index in [-0.39, 0.29) is 16.0 Å². The van der Waals surface area contributed by atoms with Gasteiger partial charge in [-0.05, 0) is 50.1 Å². The molecule has 0 radical (unpaired) electrons. The number of nitrogens with zero attached hydrogens (tertiary/aromatic N) is 2. The molecule has 2 aromatic carbocycles. The Labute approximate surface area is 210 Å². The summed E-state index contributed by atoms with van der Waals surface area (Å²) in [5.74, 6) is 0.701. The van der Waals surface area contributed by atoms with Crippen LogP contribution in [0.2, 0.25) is 0 Å². The number of para-hydroxylation sites is 1. The number of hydrogen-bond acceptors (Lipinski definition) is 4. The van der Waals surface area contributed by atoms with Crippen molar-refractivity contribution in [1.82, 2.24) is 0 Å². The average molecular weight is 477 g/mol. The van der Waals surface area contributed by atoms with Gasteiger partial charge in [-0.2, -0.15) is 0 Å². The molecule has 4 rings (SSSR count). The van der Waals surface area contributed by atoms with E-state index in [0.29, 0.717) is 5.75 Å². The molecule has 0 bridgehead atoms. The van der Waals surface area contributed by atoms with Gasteiger partial charge in [0.2, 0.25) is 5.72 Å². The lowest BCUT2D eigenvalue weighted by atomic mass is 9.76. The Morgan fingerprint density at radius 2 is 1.57 bits per heavy atom. The lowest BCUT2D eigenvalue weighted by molar-refractivity contribution is -0.384. The molecule has 0 aromatic heterocycles. The third-order valence-electron chi connectivity index (χ3n) is 7.86. The van der Waals surface area contributed by atoms with E-state index in [1.807, 2.05) is 6.08 Å². The topological polar surface area (TPSA) is 55.6 Å². The lowest BCUT2D eigenvalue weighted by Crippen LogP contribution is -2.59. The number of non-ortho nitro benzene ring substituents is 1.